The minimum atomic E-state index is -0.243. The quantitative estimate of drug-likeness (QED) is 0.546. The minimum absolute atomic E-state index is 0.243. The summed E-state index contributed by atoms with van der Waals surface area (Å²) in [7, 11) is 0. The van der Waals surface area contributed by atoms with E-state index in [1.807, 2.05) is 66.8 Å². The lowest BCUT2D eigenvalue weighted by atomic mass is 9.96. The van der Waals surface area contributed by atoms with Crippen molar-refractivity contribution < 1.29 is 9.59 Å². The molecule has 0 saturated carbocycles. The van der Waals surface area contributed by atoms with Gasteiger partial charge in [0.15, 0.2) is 0 Å². The highest BCUT2D eigenvalue weighted by Crippen LogP contribution is 2.37. The van der Waals surface area contributed by atoms with Gasteiger partial charge in [-0.05, 0) is 47.4 Å². The van der Waals surface area contributed by atoms with E-state index in [0.29, 0.717) is 17.7 Å². The zero-order valence-electron chi connectivity index (χ0n) is 14.3. The van der Waals surface area contributed by atoms with Crippen LogP contribution in [-0.2, 0) is 9.59 Å². The summed E-state index contributed by atoms with van der Waals surface area (Å²) < 4.78 is 1.85. The number of imide groups is 1. The van der Waals surface area contributed by atoms with Gasteiger partial charge in [0.2, 0.25) is 0 Å². The number of rotatable bonds is 4. The van der Waals surface area contributed by atoms with E-state index in [-0.39, 0.29) is 11.8 Å². The summed E-state index contributed by atoms with van der Waals surface area (Å²) in [6.45, 7) is 0.324. The van der Waals surface area contributed by atoms with E-state index in [1.165, 1.54) is 4.90 Å². The minimum Gasteiger partial charge on any atom is -0.270 e. The van der Waals surface area contributed by atoms with Crippen LogP contribution < -0.4 is 0 Å². The van der Waals surface area contributed by atoms with Crippen molar-refractivity contribution in [2.45, 2.75) is 6.42 Å². The van der Waals surface area contributed by atoms with E-state index < -0.39 is 0 Å². The molecule has 2 amide bonds. The molecule has 134 valence electrons. The summed E-state index contributed by atoms with van der Waals surface area (Å²) in [6, 6.07) is 15.0. The molecule has 0 bridgehead atoms. The smallest absolute Gasteiger partial charge is 0.262 e. The molecule has 0 aromatic heterocycles. The van der Waals surface area contributed by atoms with Crippen LogP contribution in [0, 0.1) is 0 Å². The van der Waals surface area contributed by atoms with Crippen molar-refractivity contribution in [1.29, 1.82) is 0 Å². The maximum atomic E-state index is 13.2. The maximum Gasteiger partial charge on any atom is 0.262 e. The molecule has 0 saturated heterocycles. The van der Waals surface area contributed by atoms with Gasteiger partial charge in [-0.2, -0.15) is 0 Å². The second kappa shape index (κ2) is 7.41. The monoisotopic (exact) mass is 483 g/mol. The number of carbonyl (C=O) groups is 2. The van der Waals surface area contributed by atoms with Crippen LogP contribution >= 0.6 is 31.9 Å². The second-order valence-corrected chi connectivity index (χ2v) is 8.25. The van der Waals surface area contributed by atoms with Gasteiger partial charge in [-0.25, -0.2) is 0 Å². The molecule has 0 unspecified atom stereocenters. The molecule has 5 heteroatoms. The second-order valence-electron chi connectivity index (χ2n) is 6.42. The van der Waals surface area contributed by atoms with E-state index in [1.54, 1.807) is 0 Å². The van der Waals surface area contributed by atoms with Crippen molar-refractivity contribution in [3.05, 3.63) is 92.4 Å². The SMILES string of the molecule is O=C1C(c2ccc(Br)cc2)=C(c2ccc(Br)cc2)C(=O)N1CC1=CC=CC1. The van der Waals surface area contributed by atoms with Crippen molar-refractivity contribution in [3.63, 3.8) is 0 Å². The van der Waals surface area contributed by atoms with E-state index >= 15 is 0 Å². The highest BCUT2D eigenvalue weighted by Gasteiger charge is 2.39. The van der Waals surface area contributed by atoms with Crippen LogP contribution in [0.3, 0.4) is 0 Å². The number of amides is 2. The molecule has 27 heavy (non-hydrogen) atoms. The van der Waals surface area contributed by atoms with E-state index in [9.17, 15) is 9.59 Å². The third-order valence-corrected chi connectivity index (χ3v) is 5.70. The van der Waals surface area contributed by atoms with Crippen LogP contribution in [-0.4, -0.2) is 23.3 Å². The Balaban J connectivity index is 1.81. The highest BCUT2D eigenvalue weighted by atomic mass is 79.9. The van der Waals surface area contributed by atoms with Crippen LogP contribution in [0.1, 0.15) is 17.5 Å². The first-order chi connectivity index (χ1) is 13.0. The molecule has 2 aliphatic rings. The lowest BCUT2D eigenvalue weighted by molar-refractivity contribution is -0.135. The van der Waals surface area contributed by atoms with Crippen molar-refractivity contribution in [1.82, 2.24) is 4.90 Å². The summed E-state index contributed by atoms with van der Waals surface area (Å²) in [6.07, 6.45) is 6.73. The fourth-order valence-corrected chi connectivity index (χ4v) is 3.83. The normalized spacial score (nSPS) is 16.5. The molecule has 1 heterocycles. The Bertz CT molecular complexity index is 948. The van der Waals surface area contributed by atoms with Crippen LogP contribution in [0.25, 0.3) is 11.1 Å². The molecule has 1 aliphatic heterocycles. The fraction of sp³-hybridized carbons (Fsp3) is 0.0909. The predicted molar refractivity (Wildman–Crippen MR) is 114 cm³/mol. The van der Waals surface area contributed by atoms with Crippen molar-refractivity contribution in [2.24, 2.45) is 0 Å². The van der Waals surface area contributed by atoms with Crippen LogP contribution in [0.5, 0.6) is 0 Å². The summed E-state index contributed by atoms with van der Waals surface area (Å²) in [4.78, 5) is 27.8. The lowest BCUT2D eigenvalue weighted by Gasteiger charge is -2.16. The molecule has 0 fully saturated rings. The Kier molecular flexibility index (Phi) is 4.98. The first-order valence-electron chi connectivity index (χ1n) is 8.51. The Labute approximate surface area is 174 Å². The van der Waals surface area contributed by atoms with Crippen molar-refractivity contribution in [3.8, 4) is 0 Å². The summed E-state index contributed by atoms with van der Waals surface area (Å²) in [5.74, 6) is -0.485. The van der Waals surface area contributed by atoms with Gasteiger partial charge in [0.25, 0.3) is 11.8 Å². The average Bonchev–Trinajstić information content (AvgIpc) is 3.26. The number of allylic oxidation sites excluding steroid dienone is 3. The molecule has 0 N–H and O–H groups in total. The van der Waals surface area contributed by atoms with Gasteiger partial charge in [0.05, 0.1) is 17.7 Å². The summed E-state index contributed by atoms with van der Waals surface area (Å²) >= 11 is 6.84. The number of halogens is 2. The Morgan fingerprint density at radius 2 is 1.26 bits per heavy atom. The van der Waals surface area contributed by atoms with E-state index in [0.717, 1.165) is 32.1 Å². The van der Waals surface area contributed by atoms with Crippen LogP contribution in [0.4, 0.5) is 0 Å². The third kappa shape index (κ3) is 3.49. The zero-order valence-corrected chi connectivity index (χ0v) is 17.5. The van der Waals surface area contributed by atoms with Gasteiger partial charge in [-0.1, -0.05) is 74.4 Å². The van der Waals surface area contributed by atoms with Gasteiger partial charge in [0.1, 0.15) is 0 Å². The zero-order chi connectivity index (χ0) is 19.0. The molecular weight excluding hydrogens is 470 g/mol. The molecule has 0 radical (unpaired) electrons. The third-order valence-electron chi connectivity index (χ3n) is 4.64. The number of benzene rings is 2. The van der Waals surface area contributed by atoms with Gasteiger partial charge in [-0.15, -0.1) is 0 Å². The fourth-order valence-electron chi connectivity index (χ4n) is 3.30. The number of nitrogens with zero attached hydrogens (tertiary/aromatic N) is 1. The first-order valence-corrected chi connectivity index (χ1v) is 10.1. The number of hydrogen-bond acceptors (Lipinski definition) is 2. The molecule has 0 atom stereocenters. The average molecular weight is 485 g/mol. The van der Waals surface area contributed by atoms with Gasteiger partial charge in [-0.3, -0.25) is 14.5 Å². The van der Waals surface area contributed by atoms with E-state index in [4.69, 9.17) is 0 Å². The number of carbonyl (C=O) groups excluding carboxylic acids is 2. The first kappa shape index (κ1) is 18.1. The molecule has 4 rings (SSSR count). The Hall–Kier alpha value is -2.24. The van der Waals surface area contributed by atoms with Crippen molar-refractivity contribution in [2.75, 3.05) is 6.54 Å². The largest absolute Gasteiger partial charge is 0.270 e. The van der Waals surface area contributed by atoms with Gasteiger partial charge >= 0.3 is 0 Å². The van der Waals surface area contributed by atoms with E-state index in [2.05, 4.69) is 31.9 Å². The molecule has 1 aliphatic carbocycles. The standard InChI is InChI=1S/C22H15Br2NO2/c23-17-9-5-15(6-10-17)19-20(16-7-11-18(24)12-8-16)22(27)25(21(19)26)13-14-3-1-2-4-14/h1-3,5-12H,4,13H2. The predicted octanol–water partition coefficient (Wildman–Crippen LogP) is 5.38. The van der Waals surface area contributed by atoms with Gasteiger partial charge in [0, 0.05) is 8.95 Å². The lowest BCUT2D eigenvalue weighted by Crippen LogP contribution is -2.33. The summed E-state index contributed by atoms with van der Waals surface area (Å²) in [5, 5.41) is 0. The molecule has 2 aromatic rings. The van der Waals surface area contributed by atoms with Crippen LogP contribution in [0.2, 0.25) is 0 Å². The molecular formula is C22H15Br2NO2. The molecule has 0 spiro atoms. The molecule has 2 aromatic carbocycles. The maximum absolute atomic E-state index is 13.2. The number of hydrogen-bond donors (Lipinski definition) is 0. The van der Waals surface area contributed by atoms with Crippen molar-refractivity contribution >= 4 is 54.8 Å². The van der Waals surface area contributed by atoms with Gasteiger partial charge < -0.3 is 0 Å². The molecule has 3 nitrogen and oxygen atoms in total. The highest BCUT2D eigenvalue weighted by molar-refractivity contribution is 9.10. The van der Waals surface area contributed by atoms with Crippen LogP contribution in [0.15, 0.2) is 81.3 Å². The Morgan fingerprint density at radius 1 is 0.778 bits per heavy atom. The summed E-state index contributed by atoms with van der Waals surface area (Å²) in [5.41, 5.74) is 3.47. The topological polar surface area (TPSA) is 37.4 Å². The Morgan fingerprint density at radius 3 is 1.67 bits per heavy atom.